The third-order valence-electron chi connectivity index (χ3n) is 7.51. The minimum atomic E-state index is -0.368. The Morgan fingerprint density at radius 1 is 1.02 bits per heavy atom. The van der Waals surface area contributed by atoms with Gasteiger partial charge >= 0.3 is 5.56 Å². The van der Waals surface area contributed by atoms with E-state index >= 15 is 0 Å². The Bertz CT molecular complexity index is 1750. The number of carbonyl (C=O) groups excluding carboxylic acids is 1. The van der Waals surface area contributed by atoms with E-state index in [0.717, 1.165) is 35.5 Å². The zero-order valence-corrected chi connectivity index (χ0v) is 24.4. The fraction of sp³-hybridized carbons (Fsp3) is 0.312. The second kappa shape index (κ2) is 11.9. The van der Waals surface area contributed by atoms with Crippen LogP contribution in [0.2, 0.25) is 0 Å². The van der Waals surface area contributed by atoms with Crippen LogP contribution in [0.15, 0.2) is 78.0 Å². The van der Waals surface area contributed by atoms with Crippen molar-refractivity contribution in [2.75, 3.05) is 13.1 Å². The van der Waals surface area contributed by atoms with Crippen molar-refractivity contribution in [3.63, 3.8) is 0 Å². The van der Waals surface area contributed by atoms with Crippen LogP contribution in [0, 0.1) is 17.7 Å². The Morgan fingerprint density at radius 2 is 1.76 bits per heavy atom. The number of hydrogen-bond acceptors (Lipinski definition) is 6. The van der Waals surface area contributed by atoms with E-state index in [1.165, 1.54) is 27.9 Å². The molecule has 1 aliphatic rings. The van der Waals surface area contributed by atoms with Crippen molar-refractivity contribution in [1.82, 2.24) is 23.8 Å². The third kappa shape index (κ3) is 5.99. The van der Waals surface area contributed by atoms with Gasteiger partial charge in [-0.05, 0) is 41.5 Å². The summed E-state index contributed by atoms with van der Waals surface area (Å²) in [6.45, 7) is 6.07. The van der Waals surface area contributed by atoms with E-state index < -0.39 is 0 Å². The lowest BCUT2D eigenvalue weighted by molar-refractivity contribution is -0.134. The average molecular weight is 586 g/mol. The van der Waals surface area contributed by atoms with Crippen molar-refractivity contribution in [2.45, 2.75) is 39.8 Å². The van der Waals surface area contributed by atoms with E-state index in [9.17, 15) is 14.0 Å². The number of ether oxygens (including phenoxy) is 1. The first-order valence-electron chi connectivity index (χ1n) is 14.1. The standard InChI is InChI=1S/C32H32FN5O3S/c1-21-14-22(2)18-37(17-21)27(39)19-36-12-13-38-31(40)29(41-20-24-6-4-3-5-7-24)28(35-32(36)38)30-34-16-26(42-30)15-23-8-10-25(33)11-9-23/h3-13,16,21-22H,14-15,17-20H2,1-2H3/t21-,22-/m1/s1. The van der Waals surface area contributed by atoms with Crippen molar-refractivity contribution in [1.29, 1.82) is 0 Å². The van der Waals surface area contributed by atoms with Gasteiger partial charge in [0.15, 0.2) is 5.69 Å². The highest BCUT2D eigenvalue weighted by Crippen LogP contribution is 2.31. The topological polar surface area (TPSA) is 81.7 Å². The number of benzene rings is 2. The lowest BCUT2D eigenvalue weighted by atomic mass is 9.92. The number of thiazole rings is 1. The first kappa shape index (κ1) is 27.8. The summed E-state index contributed by atoms with van der Waals surface area (Å²) in [6.07, 6.45) is 6.76. The van der Waals surface area contributed by atoms with Gasteiger partial charge in [-0.2, -0.15) is 0 Å². The number of amides is 1. The monoisotopic (exact) mass is 585 g/mol. The number of halogens is 1. The largest absolute Gasteiger partial charge is 0.481 e. The van der Waals surface area contributed by atoms with E-state index in [-0.39, 0.29) is 36.2 Å². The lowest BCUT2D eigenvalue weighted by Gasteiger charge is -2.35. The molecule has 2 atom stereocenters. The maximum Gasteiger partial charge on any atom is 0.302 e. The fourth-order valence-corrected chi connectivity index (χ4v) is 6.53. The number of imidazole rings is 1. The summed E-state index contributed by atoms with van der Waals surface area (Å²) in [7, 11) is 0. The van der Waals surface area contributed by atoms with Crippen LogP contribution in [0.3, 0.4) is 0 Å². The number of fused-ring (bicyclic) bond motifs is 1. The summed E-state index contributed by atoms with van der Waals surface area (Å²) < 4.78 is 22.6. The Morgan fingerprint density at radius 3 is 2.50 bits per heavy atom. The summed E-state index contributed by atoms with van der Waals surface area (Å²) in [5.74, 6) is 1.07. The van der Waals surface area contributed by atoms with Crippen molar-refractivity contribution >= 4 is 23.0 Å². The summed E-state index contributed by atoms with van der Waals surface area (Å²) >= 11 is 1.40. The summed E-state index contributed by atoms with van der Waals surface area (Å²) in [6, 6.07) is 16.0. The minimum absolute atomic E-state index is 0.00235. The van der Waals surface area contributed by atoms with Crippen LogP contribution in [0.5, 0.6) is 5.75 Å². The Labute approximate surface area is 247 Å². The normalized spacial score (nSPS) is 17.1. The van der Waals surface area contributed by atoms with Crippen molar-refractivity contribution < 1.29 is 13.9 Å². The van der Waals surface area contributed by atoms with Crippen LogP contribution in [0.4, 0.5) is 4.39 Å². The van der Waals surface area contributed by atoms with Crippen LogP contribution < -0.4 is 10.3 Å². The van der Waals surface area contributed by atoms with E-state index in [1.54, 1.807) is 35.3 Å². The van der Waals surface area contributed by atoms with Crippen LogP contribution in [-0.4, -0.2) is 42.8 Å². The molecule has 0 N–H and O–H groups in total. The molecule has 1 saturated heterocycles. The Hall–Kier alpha value is -4.31. The molecule has 1 fully saturated rings. The van der Waals surface area contributed by atoms with Gasteiger partial charge in [0, 0.05) is 43.0 Å². The zero-order valence-electron chi connectivity index (χ0n) is 23.6. The van der Waals surface area contributed by atoms with E-state index in [4.69, 9.17) is 9.72 Å². The highest BCUT2D eigenvalue weighted by Gasteiger charge is 2.27. The molecule has 0 aliphatic carbocycles. The number of aromatic nitrogens is 4. The number of likely N-dealkylation sites (tertiary alicyclic amines) is 1. The predicted octanol–water partition coefficient (Wildman–Crippen LogP) is 5.43. The highest BCUT2D eigenvalue weighted by atomic mass is 32.1. The second-order valence-corrected chi connectivity index (χ2v) is 12.3. The van der Waals surface area contributed by atoms with Gasteiger partial charge in [-0.1, -0.05) is 56.3 Å². The highest BCUT2D eigenvalue weighted by molar-refractivity contribution is 7.15. The van der Waals surface area contributed by atoms with Gasteiger partial charge in [0.05, 0.1) is 0 Å². The molecule has 4 heterocycles. The van der Waals surface area contributed by atoms with Gasteiger partial charge in [0.25, 0.3) is 0 Å². The smallest absolute Gasteiger partial charge is 0.302 e. The van der Waals surface area contributed by atoms with Crippen molar-refractivity contribution in [3.8, 4) is 16.5 Å². The van der Waals surface area contributed by atoms with Crippen LogP contribution in [0.1, 0.15) is 36.3 Å². The van der Waals surface area contributed by atoms with Gasteiger partial charge in [0.2, 0.25) is 17.4 Å². The molecule has 0 unspecified atom stereocenters. The van der Waals surface area contributed by atoms with Crippen molar-refractivity contribution in [2.24, 2.45) is 11.8 Å². The number of nitrogens with zero attached hydrogens (tertiary/aromatic N) is 5. The van der Waals surface area contributed by atoms with Crippen molar-refractivity contribution in [3.05, 3.63) is 105 Å². The van der Waals surface area contributed by atoms with Gasteiger partial charge in [-0.25, -0.2) is 18.8 Å². The van der Waals surface area contributed by atoms with E-state index in [0.29, 0.717) is 34.7 Å². The average Bonchev–Trinajstić information content (AvgIpc) is 3.61. The van der Waals surface area contributed by atoms with E-state index in [2.05, 4.69) is 18.8 Å². The first-order chi connectivity index (χ1) is 20.3. The van der Waals surface area contributed by atoms with Gasteiger partial charge < -0.3 is 14.2 Å². The Balaban J connectivity index is 1.35. The molecule has 216 valence electrons. The fourth-order valence-electron chi connectivity index (χ4n) is 5.60. The van der Waals surface area contributed by atoms with Crippen LogP contribution in [0.25, 0.3) is 16.5 Å². The molecule has 10 heteroatoms. The van der Waals surface area contributed by atoms with Gasteiger partial charge in [-0.15, -0.1) is 11.3 Å². The maximum atomic E-state index is 13.8. The molecule has 1 amide bonds. The second-order valence-electron chi connectivity index (χ2n) is 11.1. The zero-order chi connectivity index (χ0) is 29.2. The number of piperidine rings is 1. The molecule has 1 aliphatic heterocycles. The maximum absolute atomic E-state index is 13.8. The van der Waals surface area contributed by atoms with Crippen LogP contribution >= 0.6 is 11.3 Å². The molecule has 0 radical (unpaired) electrons. The number of hydrogen-bond donors (Lipinski definition) is 0. The van der Waals surface area contributed by atoms with Gasteiger partial charge in [-0.3, -0.25) is 9.59 Å². The van der Waals surface area contributed by atoms with Crippen LogP contribution in [-0.2, 0) is 24.4 Å². The van der Waals surface area contributed by atoms with E-state index in [1.807, 2.05) is 35.2 Å². The molecule has 3 aromatic heterocycles. The Kier molecular flexibility index (Phi) is 7.88. The molecular formula is C32H32FN5O3S. The quantitative estimate of drug-likeness (QED) is 0.243. The SMILES string of the molecule is C[C@@H]1C[C@@H](C)CN(C(=O)Cn2ccn3c(=O)c(OCc4ccccc4)c(-c4ncc(Cc5ccc(F)cc5)s4)nc23)C1. The number of rotatable bonds is 8. The third-order valence-corrected chi connectivity index (χ3v) is 8.51. The lowest BCUT2D eigenvalue weighted by Crippen LogP contribution is -2.44. The molecule has 0 bridgehead atoms. The predicted molar refractivity (Wildman–Crippen MR) is 160 cm³/mol. The molecule has 8 nitrogen and oxygen atoms in total. The summed E-state index contributed by atoms with van der Waals surface area (Å²) in [5.41, 5.74) is 1.83. The molecule has 42 heavy (non-hydrogen) atoms. The molecule has 2 aromatic carbocycles. The molecule has 0 spiro atoms. The molecule has 0 saturated carbocycles. The summed E-state index contributed by atoms with van der Waals surface area (Å²) in [4.78, 5) is 39.4. The first-order valence-corrected chi connectivity index (χ1v) is 14.9. The number of carbonyl (C=O) groups is 1. The van der Waals surface area contributed by atoms with Gasteiger partial charge in [0.1, 0.15) is 24.0 Å². The minimum Gasteiger partial charge on any atom is -0.481 e. The molecule has 6 rings (SSSR count). The molecular weight excluding hydrogens is 553 g/mol. The molecule has 5 aromatic rings. The summed E-state index contributed by atoms with van der Waals surface area (Å²) in [5, 5.41) is 0.535.